The van der Waals surface area contributed by atoms with Gasteiger partial charge >= 0.3 is 23.9 Å². The van der Waals surface area contributed by atoms with Crippen molar-refractivity contribution in [2.75, 3.05) is 26.4 Å². The lowest BCUT2D eigenvalue weighted by Gasteiger charge is -2.29. The second-order valence-corrected chi connectivity index (χ2v) is 6.08. The van der Waals surface area contributed by atoms with Crippen LogP contribution in [0.5, 0.6) is 0 Å². The van der Waals surface area contributed by atoms with Gasteiger partial charge in [-0.2, -0.15) is 0 Å². The molecule has 0 aliphatic heterocycles. The molecule has 6 N–H and O–H groups in total. The first-order valence-electron chi connectivity index (χ1n) is 7.23. The van der Waals surface area contributed by atoms with E-state index in [1.54, 1.807) is 0 Å². The number of aliphatic carboxylic acids is 2. The van der Waals surface area contributed by atoms with Crippen LogP contribution in [-0.4, -0.2) is 93.2 Å². The molecule has 0 fully saturated rings. The number of hydrogen-bond donors (Lipinski definition) is 6. The Morgan fingerprint density at radius 2 is 0.923 bits per heavy atom. The predicted octanol–water partition coefficient (Wildman–Crippen LogP) is -3.04. The summed E-state index contributed by atoms with van der Waals surface area (Å²) in [5.41, 5.74) is -3.85. The van der Waals surface area contributed by atoms with Crippen LogP contribution in [0.15, 0.2) is 0 Å². The Labute approximate surface area is 147 Å². The van der Waals surface area contributed by atoms with Gasteiger partial charge in [0.1, 0.15) is 10.8 Å². The monoisotopic (exact) mass is 382 g/mol. The summed E-state index contributed by atoms with van der Waals surface area (Å²) in [4.78, 5) is 46.5. The quantitative estimate of drug-likeness (QED) is 0.197. The first kappa shape index (κ1) is 23.7. The lowest BCUT2D eigenvalue weighted by molar-refractivity contribution is -0.197. The van der Waals surface area contributed by atoms with Crippen LogP contribution in [0.25, 0.3) is 0 Å². The van der Waals surface area contributed by atoms with Crippen LogP contribution in [0.3, 0.4) is 0 Å². The van der Waals surface area contributed by atoms with E-state index in [4.69, 9.17) is 30.6 Å². The Morgan fingerprint density at radius 3 is 1.08 bits per heavy atom. The highest BCUT2D eigenvalue weighted by molar-refractivity contribution is 5.89. The average Bonchev–Trinajstić information content (AvgIpc) is 2.61. The molecule has 12 nitrogen and oxygen atoms in total. The third-order valence-electron chi connectivity index (χ3n) is 3.61. The molecule has 0 saturated heterocycles. The van der Waals surface area contributed by atoms with E-state index >= 15 is 0 Å². The van der Waals surface area contributed by atoms with Crippen molar-refractivity contribution in [3.05, 3.63) is 0 Å². The zero-order valence-corrected chi connectivity index (χ0v) is 14.1. The zero-order valence-electron chi connectivity index (χ0n) is 14.1. The number of esters is 2. The molecule has 2 unspecified atom stereocenters. The lowest BCUT2D eigenvalue weighted by atomic mass is 9.93. The van der Waals surface area contributed by atoms with Gasteiger partial charge in [0.15, 0.2) is 0 Å². The topological polar surface area (TPSA) is 208 Å². The molecular weight excluding hydrogens is 360 g/mol. The first-order valence-corrected chi connectivity index (χ1v) is 7.23. The van der Waals surface area contributed by atoms with Crippen molar-refractivity contribution in [3.63, 3.8) is 0 Å². The first-order chi connectivity index (χ1) is 11.9. The van der Waals surface area contributed by atoms with Crippen LogP contribution < -0.4 is 0 Å². The molecule has 0 aromatic carbocycles. The minimum atomic E-state index is -2.51. The maximum Gasteiger partial charge on any atom is 0.349 e. The molecular formula is C14H22O12. The van der Waals surface area contributed by atoms with Gasteiger partial charge in [-0.15, -0.1) is 0 Å². The highest BCUT2D eigenvalue weighted by atomic mass is 16.6. The molecule has 0 amide bonds. The van der Waals surface area contributed by atoms with Gasteiger partial charge in [0.2, 0.25) is 12.2 Å². The van der Waals surface area contributed by atoms with E-state index in [9.17, 15) is 19.2 Å². The number of aliphatic hydroxyl groups excluding tert-OH is 4. The standard InChI is InChI=1S/C14H22O12/c1-13(3-15,4-16)11(23)25-7(9(19)20)8(10(21)22)26-12(24)14(2,5-17)6-18/h7-8,15-18H,3-6H2,1-2H3,(H,19,20)(H,21,22). The Balaban J connectivity index is 5.63. The summed E-state index contributed by atoms with van der Waals surface area (Å²) in [5.74, 6) is -6.84. The van der Waals surface area contributed by atoms with E-state index in [0.717, 1.165) is 13.8 Å². The SMILES string of the molecule is CC(CO)(CO)C(=O)OC(C(=O)O)C(OC(=O)C(C)(CO)CO)C(=O)O. The Morgan fingerprint density at radius 1 is 0.692 bits per heavy atom. The Bertz CT molecular complexity index is 486. The van der Waals surface area contributed by atoms with Gasteiger partial charge in [0.25, 0.3) is 0 Å². The number of rotatable bonds is 11. The van der Waals surface area contributed by atoms with E-state index in [1.165, 1.54) is 0 Å². The molecule has 0 aliphatic carbocycles. The number of ether oxygens (including phenoxy) is 2. The lowest BCUT2D eigenvalue weighted by Crippen LogP contribution is -2.51. The van der Waals surface area contributed by atoms with Gasteiger partial charge in [0, 0.05) is 0 Å². The molecule has 0 heterocycles. The average molecular weight is 382 g/mol. The highest BCUT2D eigenvalue weighted by Crippen LogP contribution is 2.22. The molecule has 0 aromatic heterocycles. The minimum Gasteiger partial charge on any atom is -0.478 e. The molecule has 12 heteroatoms. The zero-order chi connectivity index (χ0) is 20.7. The van der Waals surface area contributed by atoms with Crippen LogP contribution in [-0.2, 0) is 28.7 Å². The van der Waals surface area contributed by atoms with Gasteiger partial charge in [-0.3, -0.25) is 9.59 Å². The summed E-state index contributed by atoms with van der Waals surface area (Å²) >= 11 is 0. The van der Waals surface area contributed by atoms with Crippen LogP contribution in [0.4, 0.5) is 0 Å². The van der Waals surface area contributed by atoms with Crippen molar-refractivity contribution in [1.82, 2.24) is 0 Å². The summed E-state index contributed by atoms with van der Waals surface area (Å²) < 4.78 is 9.04. The molecule has 150 valence electrons. The van der Waals surface area contributed by atoms with Crippen molar-refractivity contribution in [1.29, 1.82) is 0 Å². The largest absolute Gasteiger partial charge is 0.478 e. The molecule has 0 aliphatic rings. The fourth-order valence-corrected chi connectivity index (χ4v) is 1.36. The number of carbonyl (C=O) groups is 4. The third kappa shape index (κ3) is 5.36. The number of carboxylic acid groups (broad SMARTS) is 2. The van der Waals surface area contributed by atoms with E-state index in [1.807, 2.05) is 0 Å². The van der Waals surface area contributed by atoms with E-state index in [2.05, 4.69) is 9.47 Å². The highest BCUT2D eigenvalue weighted by Gasteiger charge is 2.46. The van der Waals surface area contributed by atoms with Gasteiger partial charge in [0.05, 0.1) is 26.4 Å². The number of hydrogen-bond acceptors (Lipinski definition) is 10. The fraction of sp³-hybridized carbons (Fsp3) is 0.714. The molecule has 2 atom stereocenters. The molecule has 0 spiro atoms. The van der Waals surface area contributed by atoms with Crippen molar-refractivity contribution in [2.24, 2.45) is 10.8 Å². The number of carbonyl (C=O) groups excluding carboxylic acids is 2. The maximum absolute atomic E-state index is 11.9. The fourth-order valence-electron chi connectivity index (χ4n) is 1.36. The van der Waals surface area contributed by atoms with Crippen molar-refractivity contribution in [3.8, 4) is 0 Å². The van der Waals surface area contributed by atoms with Gasteiger partial charge < -0.3 is 40.1 Å². The Kier molecular flexibility index (Phi) is 8.60. The molecule has 0 rings (SSSR count). The second-order valence-electron chi connectivity index (χ2n) is 6.08. The number of aliphatic hydroxyl groups is 4. The van der Waals surface area contributed by atoms with Gasteiger partial charge in [-0.05, 0) is 13.8 Å². The normalized spacial score (nSPS) is 14.2. The Hall–Kier alpha value is -2.28. The summed E-state index contributed by atoms with van der Waals surface area (Å²) in [7, 11) is 0. The predicted molar refractivity (Wildman–Crippen MR) is 79.6 cm³/mol. The van der Waals surface area contributed by atoms with Crippen LogP contribution in [0.1, 0.15) is 13.8 Å². The molecule has 26 heavy (non-hydrogen) atoms. The molecule has 0 bridgehead atoms. The van der Waals surface area contributed by atoms with E-state index in [0.29, 0.717) is 0 Å². The molecule has 0 aromatic rings. The van der Waals surface area contributed by atoms with Crippen molar-refractivity contribution < 1.29 is 59.3 Å². The maximum atomic E-state index is 11.9. The summed E-state index contributed by atoms with van der Waals surface area (Å²) in [6.45, 7) is -1.66. The van der Waals surface area contributed by atoms with Crippen molar-refractivity contribution in [2.45, 2.75) is 26.1 Å². The number of carboxylic acids is 2. The smallest absolute Gasteiger partial charge is 0.349 e. The summed E-state index contributed by atoms with van der Waals surface area (Å²) in [6.07, 6.45) is -5.02. The van der Waals surface area contributed by atoms with Crippen LogP contribution in [0, 0.1) is 10.8 Å². The molecule has 0 saturated carbocycles. The van der Waals surface area contributed by atoms with Gasteiger partial charge in [-0.1, -0.05) is 0 Å². The summed E-state index contributed by atoms with van der Waals surface area (Å²) in [6, 6.07) is 0. The second kappa shape index (κ2) is 9.43. The van der Waals surface area contributed by atoms with Gasteiger partial charge in [-0.25, -0.2) is 9.59 Å². The van der Waals surface area contributed by atoms with E-state index in [-0.39, 0.29) is 0 Å². The molecule has 0 radical (unpaired) electrons. The third-order valence-corrected chi connectivity index (χ3v) is 3.61. The van der Waals surface area contributed by atoms with Crippen LogP contribution in [0.2, 0.25) is 0 Å². The van der Waals surface area contributed by atoms with Crippen molar-refractivity contribution >= 4 is 23.9 Å². The van der Waals surface area contributed by atoms with E-state index < -0.39 is 73.3 Å². The minimum absolute atomic E-state index is 0.931. The summed E-state index contributed by atoms with van der Waals surface area (Å²) in [5, 5.41) is 54.7. The van der Waals surface area contributed by atoms with Crippen LogP contribution >= 0.6 is 0 Å².